The molecule has 6 heteroatoms. The van der Waals surface area contributed by atoms with Gasteiger partial charge in [0.05, 0.1) is 34.3 Å². The fourth-order valence-electron chi connectivity index (χ4n) is 8.27. The maximum absolute atomic E-state index is 4.73. The van der Waals surface area contributed by atoms with Crippen molar-refractivity contribution in [2.75, 3.05) is 24.1 Å². The Balaban J connectivity index is 1.13. The van der Waals surface area contributed by atoms with E-state index in [4.69, 9.17) is 10.2 Å². The highest BCUT2D eigenvalue weighted by atomic mass is 15.5. The summed E-state index contributed by atoms with van der Waals surface area (Å²) in [7, 11) is 4.43. The SMILES string of the molecule is CC1=NN(c2ccc(/C=C/C3=[N+](C)c4cc5c(cc4C3(C)C)[N+](C)=C(/C=C/c3ccc(N4N=C(C)CC4C)cc3)C5(C)C)cc2)C(C)C1. The van der Waals surface area contributed by atoms with E-state index in [0.29, 0.717) is 12.1 Å². The number of rotatable bonds is 6. The zero-order chi connectivity index (χ0) is 34.1. The zero-order valence-electron chi connectivity index (χ0n) is 30.3. The Morgan fingerprint density at radius 1 is 0.604 bits per heavy atom. The summed E-state index contributed by atoms with van der Waals surface area (Å²) < 4.78 is 4.78. The van der Waals surface area contributed by atoms with Crippen molar-refractivity contribution in [1.29, 1.82) is 0 Å². The van der Waals surface area contributed by atoms with Gasteiger partial charge in [-0.25, -0.2) is 0 Å². The number of hydrazone groups is 2. The monoisotopic (exact) mass is 638 g/mol. The van der Waals surface area contributed by atoms with Gasteiger partial charge in [-0.3, -0.25) is 10.0 Å². The third kappa shape index (κ3) is 5.26. The molecule has 0 saturated carbocycles. The number of fused-ring (bicyclic) bond motifs is 2. The van der Waals surface area contributed by atoms with E-state index in [1.807, 2.05) is 0 Å². The van der Waals surface area contributed by atoms with Crippen molar-refractivity contribution in [3.63, 3.8) is 0 Å². The van der Waals surface area contributed by atoms with E-state index in [0.717, 1.165) is 24.2 Å². The number of hydrogen-bond acceptors (Lipinski definition) is 4. The Morgan fingerprint density at radius 2 is 0.958 bits per heavy atom. The average Bonchev–Trinajstić information content (AvgIpc) is 3.69. The minimum atomic E-state index is -0.131. The first-order valence-electron chi connectivity index (χ1n) is 17.4. The van der Waals surface area contributed by atoms with Crippen LogP contribution in [0.2, 0.25) is 0 Å². The highest BCUT2D eigenvalue weighted by Crippen LogP contribution is 2.48. The molecule has 0 radical (unpaired) electrons. The molecule has 4 aliphatic rings. The molecule has 0 saturated heterocycles. The van der Waals surface area contributed by atoms with Gasteiger partial charge in [0.2, 0.25) is 11.4 Å². The maximum atomic E-state index is 4.73. The Morgan fingerprint density at radius 3 is 1.27 bits per heavy atom. The molecule has 0 amide bonds. The van der Waals surface area contributed by atoms with Crippen LogP contribution < -0.4 is 10.0 Å². The molecule has 4 heterocycles. The molecule has 2 unspecified atom stereocenters. The zero-order valence-corrected chi connectivity index (χ0v) is 30.3. The van der Waals surface area contributed by atoms with Crippen molar-refractivity contribution < 1.29 is 9.15 Å². The second-order valence-electron chi connectivity index (χ2n) is 15.3. The van der Waals surface area contributed by atoms with Gasteiger partial charge >= 0.3 is 0 Å². The summed E-state index contributed by atoms with van der Waals surface area (Å²) in [6, 6.07) is 23.2. The van der Waals surface area contributed by atoms with Crippen LogP contribution >= 0.6 is 0 Å². The van der Waals surface area contributed by atoms with Crippen molar-refractivity contribution >= 4 is 57.7 Å². The summed E-state index contributed by atoms with van der Waals surface area (Å²) in [5, 5.41) is 13.7. The van der Waals surface area contributed by atoms with Gasteiger partial charge < -0.3 is 0 Å². The standard InChI is InChI=1S/C42H50N6/c1-27-23-29(3)47(43-27)33-17-11-31(12-18-33)15-21-39-41(5,6)35-25-38-36(26-37(35)45(39)9)42(7,8)40(46(38)10)22-16-32-13-19-34(20-14-32)48-30(4)24-28(2)44-48/h11-22,25-26,29-30H,23-24H2,1-10H3/q+2. The average molecular weight is 639 g/mol. The van der Waals surface area contributed by atoms with Crippen molar-refractivity contribution in [2.45, 2.75) is 91.1 Å². The van der Waals surface area contributed by atoms with Crippen LogP contribution in [0.4, 0.5) is 22.7 Å². The van der Waals surface area contributed by atoms with Crippen molar-refractivity contribution in [3.05, 3.63) is 95.1 Å². The van der Waals surface area contributed by atoms with Gasteiger partial charge in [0, 0.05) is 59.7 Å². The van der Waals surface area contributed by atoms with Gasteiger partial charge in [0.25, 0.3) is 0 Å². The van der Waals surface area contributed by atoms with Crippen molar-refractivity contribution in [3.8, 4) is 0 Å². The first-order chi connectivity index (χ1) is 22.8. The largest absolute Gasteiger partial charge is 0.262 e. The summed E-state index contributed by atoms with van der Waals surface area (Å²) in [6.07, 6.45) is 11.2. The van der Waals surface area contributed by atoms with Crippen molar-refractivity contribution in [2.24, 2.45) is 10.2 Å². The molecule has 0 bridgehead atoms. The second-order valence-corrected chi connectivity index (χ2v) is 15.3. The minimum absolute atomic E-state index is 0.131. The molecule has 0 aromatic heterocycles. The predicted octanol–water partition coefficient (Wildman–Crippen LogP) is 9.07. The van der Waals surface area contributed by atoms with E-state index >= 15 is 0 Å². The Kier molecular flexibility index (Phi) is 7.69. The van der Waals surface area contributed by atoms with Gasteiger partial charge in [0.1, 0.15) is 14.1 Å². The maximum Gasteiger partial charge on any atom is 0.210 e. The Hall–Kier alpha value is -4.58. The first-order valence-corrected chi connectivity index (χ1v) is 17.4. The number of benzene rings is 3. The van der Waals surface area contributed by atoms with Crippen LogP contribution in [-0.2, 0) is 10.8 Å². The van der Waals surface area contributed by atoms with Gasteiger partial charge in [-0.05, 0) is 103 Å². The number of allylic oxidation sites excluding steroid dienone is 2. The molecule has 246 valence electrons. The summed E-state index contributed by atoms with van der Waals surface area (Å²) in [5.74, 6) is 0. The molecule has 3 aromatic carbocycles. The lowest BCUT2D eigenvalue weighted by molar-refractivity contribution is -0.404. The summed E-state index contributed by atoms with van der Waals surface area (Å²) in [4.78, 5) is 0. The number of anilines is 2. The molecule has 6 nitrogen and oxygen atoms in total. The quantitative estimate of drug-likeness (QED) is 0.253. The van der Waals surface area contributed by atoms with Crippen LogP contribution in [0.25, 0.3) is 12.2 Å². The Bertz CT molecular complexity index is 1840. The van der Waals surface area contributed by atoms with Crippen LogP contribution in [0, 0.1) is 0 Å². The molecule has 0 N–H and O–H groups in total. The fraction of sp³-hybridized carbons (Fsp3) is 0.381. The lowest BCUT2D eigenvalue weighted by Crippen LogP contribution is -2.26. The molecule has 7 rings (SSSR count). The van der Waals surface area contributed by atoms with Gasteiger partial charge in [0.15, 0.2) is 11.4 Å². The third-order valence-electron chi connectivity index (χ3n) is 10.9. The summed E-state index contributed by atoms with van der Waals surface area (Å²) >= 11 is 0. The predicted molar refractivity (Wildman–Crippen MR) is 204 cm³/mol. The van der Waals surface area contributed by atoms with E-state index in [2.05, 4.69) is 174 Å². The Labute approximate surface area is 286 Å². The minimum Gasteiger partial charge on any atom is -0.262 e. The topological polar surface area (TPSA) is 37.2 Å². The van der Waals surface area contributed by atoms with Crippen LogP contribution in [0.3, 0.4) is 0 Å². The van der Waals surface area contributed by atoms with Gasteiger partial charge in [-0.1, -0.05) is 24.3 Å². The van der Waals surface area contributed by atoms with E-state index in [-0.39, 0.29) is 10.8 Å². The van der Waals surface area contributed by atoms with Crippen LogP contribution in [0.5, 0.6) is 0 Å². The van der Waals surface area contributed by atoms with E-state index in [1.54, 1.807) is 0 Å². The number of nitrogens with zero attached hydrogens (tertiary/aromatic N) is 6. The normalized spacial score (nSPS) is 22.8. The smallest absolute Gasteiger partial charge is 0.210 e. The molecular formula is C42H50N6+2. The molecule has 0 fully saturated rings. The van der Waals surface area contributed by atoms with Gasteiger partial charge in [-0.15, -0.1) is 0 Å². The van der Waals surface area contributed by atoms with Crippen molar-refractivity contribution in [1.82, 2.24) is 0 Å². The number of hydrogen-bond donors (Lipinski definition) is 0. The third-order valence-corrected chi connectivity index (χ3v) is 10.9. The highest BCUT2D eigenvalue weighted by Gasteiger charge is 2.49. The van der Waals surface area contributed by atoms with Crippen LogP contribution in [-0.4, -0.2) is 58.2 Å². The molecular weight excluding hydrogens is 589 g/mol. The van der Waals surface area contributed by atoms with Gasteiger partial charge in [-0.2, -0.15) is 19.4 Å². The van der Waals surface area contributed by atoms with E-state index < -0.39 is 0 Å². The highest BCUT2D eigenvalue weighted by molar-refractivity contribution is 6.08. The molecule has 0 aliphatic carbocycles. The van der Waals surface area contributed by atoms with Crippen LogP contribution in [0.1, 0.15) is 90.5 Å². The van der Waals surface area contributed by atoms with Crippen LogP contribution in [0.15, 0.2) is 83.0 Å². The molecule has 3 aromatic rings. The lowest BCUT2D eigenvalue weighted by Gasteiger charge is -2.20. The summed E-state index contributed by atoms with van der Waals surface area (Å²) in [5.41, 5.74) is 14.7. The van der Waals surface area contributed by atoms with E-state index in [1.165, 1.54) is 56.5 Å². The van der Waals surface area contributed by atoms with E-state index in [9.17, 15) is 0 Å². The molecule has 4 aliphatic heterocycles. The molecule has 2 atom stereocenters. The first kappa shape index (κ1) is 32.0. The second kappa shape index (κ2) is 11.5. The fourth-order valence-corrected chi connectivity index (χ4v) is 8.27. The lowest BCUT2D eigenvalue weighted by atomic mass is 9.77. The summed E-state index contributed by atoms with van der Waals surface area (Å²) in [6.45, 7) is 18.1. The molecule has 48 heavy (non-hydrogen) atoms. The molecule has 0 spiro atoms.